The Morgan fingerprint density at radius 3 is 1.25 bits per heavy atom. The van der Waals surface area contributed by atoms with Crippen LogP contribution >= 0.6 is 0 Å². The van der Waals surface area contributed by atoms with Gasteiger partial charge >= 0.3 is 0 Å². The summed E-state index contributed by atoms with van der Waals surface area (Å²) in [6.45, 7) is 0. The van der Waals surface area contributed by atoms with Gasteiger partial charge < -0.3 is 13.7 Å². The van der Waals surface area contributed by atoms with Crippen molar-refractivity contribution < 1.29 is 8.83 Å². The monoisotopic (exact) mass is 829 g/mol. The maximum absolute atomic E-state index is 6.62. The number of hydrogen-bond acceptors (Lipinski definition) is 3. The molecule has 65 heavy (non-hydrogen) atoms. The Labute approximate surface area is 375 Å². The average molecular weight is 830 g/mol. The second kappa shape index (κ2) is 15.0. The quantitative estimate of drug-likeness (QED) is 0.160. The molecule has 0 aliphatic rings. The number of furan rings is 2. The minimum absolute atomic E-state index is 0.882. The number of nitrogens with zero attached hydrogens (tertiary/aromatic N) is 1. The summed E-state index contributed by atoms with van der Waals surface area (Å²) >= 11 is 0. The summed E-state index contributed by atoms with van der Waals surface area (Å²) in [5.74, 6) is 0. The van der Waals surface area contributed by atoms with Gasteiger partial charge in [-0.3, -0.25) is 0 Å². The summed E-state index contributed by atoms with van der Waals surface area (Å²) in [5.41, 5.74) is 16.1. The molecule has 13 rings (SSSR count). The minimum atomic E-state index is 0.882. The topological polar surface area (TPSA) is 29.5 Å². The Bertz CT molecular complexity index is 3920. The zero-order valence-corrected chi connectivity index (χ0v) is 35.3. The Morgan fingerprint density at radius 1 is 0.262 bits per heavy atom. The highest BCUT2D eigenvalue weighted by molar-refractivity contribution is 6.20. The van der Waals surface area contributed by atoms with Crippen molar-refractivity contribution in [2.45, 2.75) is 0 Å². The molecule has 0 saturated carbocycles. The molecule has 2 heterocycles. The standard InChI is InChI=1S/C62H39NO2/c1-2-11-40(12-3-1)41-23-25-42(26-24-41)43-27-33-48(34-28-43)63(49-35-29-46(30-36-49)51-19-9-21-57-59(51)55-37-31-44-13-4-6-17-53(44)61(55)64-57)50-16-8-15-47(39-50)52-20-10-22-58-60(52)56-38-32-45-14-5-7-18-54(45)62(56)65-58/h1-39H. The lowest BCUT2D eigenvalue weighted by molar-refractivity contribution is 0.672. The highest BCUT2D eigenvalue weighted by Crippen LogP contribution is 2.44. The van der Waals surface area contributed by atoms with Crippen molar-refractivity contribution in [1.82, 2.24) is 0 Å². The largest absolute Gasteiger partial charge is 0.455 e. The van der Waals surface area contributed by atoms with Gasteiger partial charge in [-0.25, -0.2) is 0 Å². The Kier molecular flexibility index (Phi) is 8.53. The molecule has 0 radical (unpaired) electrons. The van der Waals surface area contributed by atoms with Gasteiger partial charge in [0.1, 0.15) is 22.3 Å². The summed E-state index contributed by atoms with van der Waals surface area (Å²) in [5, 5.41) is 9.09. The molecule has 0 spiro atoms. The van der Waals surface area contributed by atoms with Crippen molar-refractivity contribution >= 4 is 82.5 Å². The molecular formula is C62H39NO2. The van der Waals surface area contributed by atoms with E-state index in [0.717, 1.165) is 99.5 Å². The van der Waals surface area contributed by atoms with Crippen LogP contribution in [0, 0.1) is 0 Å². The molecule has 0 unspecified atom stereocenters. The number of rotatable bonds is 7. The Morgan fingerprint density at radius 2 is 0.692 bits per heavy atom. The van der Waals surface area contributed by atoms with E-state index in [1.54, 1.807) is 0 Å². The average Bonchev–Trinajstić information content (AvgIpc) is 3.97. The van der Waals surface area contributed by atoms with Gasteiger partial charge in [-0.1, -0.05) is 176 Å². The van der Waals surface area contributed by atoms with E-state index in [4.69, 9.17) is 8.83 Å². The molecule has 13 aromatic rings. The number of fused-ring (bicyclic) bond motifs is 10. The highest BCUT2D eigenvalue weighted by atomic mass is 16.3. The lowest BCUT2D eigenvalue weighted by Gasteiger charge is -2.26. The molecule has 0 fully saturated rings. The molecule has 11 aromatic carbocycles. The molecule has 304 valence electrons. The normalized spacial score (nSPS) is 11.7. The first kappa shape index (κ1) is 36.9. The lowest BCUT2D eigenvalue weighted by atomic mass is 9.97. The molecular weight excluding hydrogens is 791 g/mol. The molecule has 0 amide bonds. The van der Waals surface area contributed by atoms with Gasteiger partial charge in [-0.05, 0) is 116 Å². The van der Waals surface area contributed by atoms with E-state index in [0.29, 0.717) is 0 Å². The maximum atomic E-state index is 6.62. The first-order valence-corrected chi connectivity index (χ1v) is 22.1. The van der Waals surface area contributed by atoms with Crippen molar-refractivity contribution in [3.8, 4) is 44.5 Å². The van der Waals surface area contributed by atoms with Gasteiger partial charge in [0.05, 0.1) is 0 Å². The summed E-state index contributed by atoms with van der Waals surface area (Å²) < 4.78 is 13.2. The first-order chi connectivity index (χ1) is 32.2. The van der Waals surface area contributed by atoms with Crippen LogP contribution in [0.25, 0.3) is 110 Å². The number of hydrogen-bond donors (Lipinski definition) is 0. The molecule has 0 bridgehead atoms. The van der Waals surface area contributed by atoms with E-state index >= 15 is 0 Å². The van der Waals surface area contributed by atoms with E-state index in [1.165, 1.54) is 27.5 Å². The van der Waals surface area contributed by atoms with Crippen molar-refractivity contribution in [3.63, 3.8) is 0 Å². The summed E-state index contributed by atoms with van der Waals surface area (Å²) in [6.07, 6.45) is 0. The van der Waals surface area contributed by atoms with Crippen LogP contribution in [-0.2, 0) is 0 Å². The lowest BCUT2D eigenvalue weighted by Crippen LogP contribution is -2.10. The van der Waals surface area contributed by atoms with Gasteiger partial charge in [0, 0.05) is 49.4 Å². The molecule has 0 atom stereocenters. The minimum Gasteiger partial charge on any atom is -0.455 e. The van der Waals surface area contributed by atoms with Crippen LogP contribution in [0.3, 0.4) is 0 Å². The van der Waals surface area contributed by atoms with Crippen LogP contribution in [0.4, 0.5) is 17.1 Å². The van der Waals surface area contributed by atoms with E-state index in [-0.39, 0.29) is 0 Å². The third-order valence-corrected chi connectivity index (χ3v) is 13.1. The van der Waals surface area contributed by atoms with Gasteiger partial charge in [0.2, 0.25) is 0 Å². The second-order valence-corrected chi connectivity index (χ2v) is 16.8. The number of anilines is 3. The van der Waals surface area contributed by atoms with E-state index in [9.17, 15) is 0 Å². The molecule has 0 N–H and O–H groups in total. The maximum Gasteiger partial charge on any atom is 0.143 e. The van der Waals surface area contributed by atoms with Gasteiger partial charge in [0.15, 0.2) is 0 Å². The van der Waals surface area contributed by atoms with Gasteiger partial charge in [-0.2, -0.15) is 0 Å². The van der Waals surface area contributed by atoms with E-state index < -0.39 is 0 Å². The first-order valence-electron chi connectivity index (χ1n) is 22.1. The van der Waals surface area contributed by atoms with Crippen LogP contribution in [0.1, 0.15) is 0 Å². The SMILES string of the molecule is c1ccc(-c2ccc(-c3ccc(N(c4ccc(-c5cccc6oc7c8ccccc8ccc7c56)cc4)c4cccc(-c5cccc6oc7c8ccccc8ccc7c56)c4)cc3)cc2)cc1. The van der Waals surface area contributed by atoms with Crippen LogP contribution in [0.15, 0.2) is 245 Å². The Hall–Kier alpha value is -8.66. The van der Waals surface area contributed by atoms with Crippen molar-refractivity contribution in [2.75, 3.05) is 4.90 Å². The van der Waals surface area contributed by atoms with Crippen molar-refractivity contribution in [1.29, 1.82) is 0 Å². The molecule has 2 aromatic heterocycles. The second-order valence-electron chi connectivity index (χ2n) is 16.8. The molecule has 3 nitrogen and oxygen atoms in total. The highest BCUT2D eigenvalue weighted by Gasteiger charge is 2.19. The van der Waals surface area contributed by atoms with E-state index in [1.807, 2.05) is 0 Å². The van der Waals surface area contributed by atoms with Gasteiger partial charge in [-0.15, -0.1) is 0 Å². The third-order valence-electron chi connectivity index (χ3n) is 13.1. The zero-order chi connectivity index (χ0) is 42.8. The summed E-state index contributed by atoms with van der Waals surface area (Å²) in [7, 11) is 0. The van der Waals surface area contributed by atoms with Crippen molar-refractivity contribution in [3.05, 3.63) is 237 Å². The van der Waals surface area contributed by atoms with Gasteiger partial charge in [0.25, 0.3) is 0 Å². The predicted molar refractivity (Wildman–Crippen MR) is 272 cm³/mol. The molecule has 3 heteroatoms. The molecule has 0 aliphatic heterocycles. The fourth-order valence-electron chi connectivity index (χ4n) is 9.93. The number of benzene rings is 11. The molecule has 0 saturated heterocycles. The third kappa shape index (κ3) is 6.20. The predicted octanol–water partition coefficient (Wildman–Crippen LogP) is 17.9. The van der Waals surface area contributed by atoms with Crippen molar-refractivity contribution in [2.24, 2.45) is 0 Å². The fraction of sp³-hybridized carbons (Fsp3) is 0. The van der Waals surface area contributed by atoms with Crippen LogP contribution in [0.5, 0.6) is 0 Å². The van der Waals surface area contributed by atoms with E-state index in [2.05, 4.69) is 241 Å². The van der Waals surface area contributed by atoms with Crippen LogP contribution in [-0.4, -0.2) is 0 Å². The summed E-state index contributed by atoms with van der Waals surface area (Å²) in [6, 6.07) is 84.6. The smallest absolute Gasteiger partial charge is 0.143 e. The summed E-state index contributed by atoms with van der Waals surface area (Å²) in [4.78, 5) is 2.36. The van der Waals surface area contributed by atoms with Crippen LogP contribution in [0.2, 0.25) is 0 Å². The zero-order valence-electron chi connectivity index (χ0n) is 35.3. The fourth-order valence-corrected chi connectivity index (χ4v) is 9.93. The Balaban J connectivity index is 0.925. The van der Waals surface area contributed by atoms with Crippen LogP contribution < -0.4 is 4.90 Å². The molecule has 0 aliphatic carbocycles.